The zero-order valence-corrected chi connectivity index (χ0v) is 19.1. The van der Waals surface area contributed by atoms with Crippen LogP contribution in [0.5, 0.6) is 0 Å². The van der Waals surface area contributed by atoms with Gasteiger partial charge in [-0.25, -0.2) is 0 Å². The Labute approximate surface area is 195 Å². The van der Waals surface area contributed by atoms with Gasteiger partial charge in [-0.1, -0.05) is 86.0 Å². The summed E-state index contributed by atoms with van der Waals surface area (Å²) < 4.78 is 0. The highest BCUT2D eigenvalue weighted by atomic mass is 14.7. The number of fused-ring (bicyclic) bond motifs is 5. The molecule has 33 heavy (non-hydrogen) atoms. The molecule has 4 aliphatic rings. The fraction of sp³-hybridized carbons (Fsp3) is 0.281. The van der Waals surface area contributed by atoms with Gasteiger partial charge in [-0.2, -0.15) is 0 Å². The fourth-order valence-corrected chi connectivity index (χ4v) is 6.58. The molecule has 0 saturated heterocycles. The van der Waals surface area contributed by atoms with E-state index in [9.17, 15) is 0 Å². The van der Waals surface area contributed by atoms with Crippen molar-refractivity contribution in [3.63, 3.8) is 0 Å². The van der Waals surface area contributed by atoms with Gasteiger partial charge in [0, 0.05) is 24.4 Å². The van der Waals surface area contributed by atoms with E-state index in [1.165, 1.54) is 75.3 Å². The first-order chi connectivity index (χ1) is 16.4. The van der Waals surface area contributed by atoms with Crippen molar-refractivity contribution in [2.24, 2.45) is 16.8 Å². The molecule has 1 saturated carbocycles. The van der Waals surface area contributed by atoms with Gasteiger partial charge in [0.15, 0.2) is 0 Å². The second kappa shape index (κ2) is 7.70. The van der Waals surface area contributed by atoms with Crippen LogP contribution in [0.25, 0.3) is 17.2 Å². The molecule has 0 spiro atoms. The average molecular weight is 428 g/mol. The lowest BCUT2D eigenvalue weighted by atomic mass is 9.67. The number of nitrogens with zero attached hydrogens (tertiary/aromatic N) is 1. The number of allylic oxidation sites excluding steroid dienone is 1. The zero-order valence-electron chi connectivity index (χ0n) is 19.1. The summed E-state index contributed by atoms with van der Waals surface area (Å²) in [5.74, 6) is 1.64. The summed E-state index contributed by atoms with van der Waals surface area (Å²) >= 11 is 0. The van der Waals surface area contributed by atoms with Crippen molar-refractivity contribution in [2.75, 3.05) is 0 Å². The lowest BCUT2D eigenvalue weighted by Crippen LogP contribution is -2.33. The predicted molar refractivity (Wildman–Crippen MR) is 137 cm³/mol. The third kappa shape index (κ3) is 3.09. The second-order valence-electron chi connectivity index (χ2n) is 10.2. The van der Waals surface area contributed by atoms with E-state index in [1.54, 1.807) is 11.1 Å². The average Bonchev–Trinajstić information content (AvgIpc) is 3.05. The van der Waals surface area contributed by atoms with E-state index in [-0.39, 0.29) is 0 Å². The molecule has 0 radical (unpaired) electrons. The Morgan fingerprint density at radius 3 is 2.45 bits per heavy atom. The van der Waals surface area contributed by atoms with Crippen molar-refractivity contribution in [3.05, 3.63) is 110 Å². The van der Waals surface area contributed by atoms with Crippen molar-refractivity contribution in [1.82, 2.24) is 0 Å². The first-order valence-corrected chi connectivity index (χ1v) is 12.6. The highest BCUT2D eigenvalue weighted by molar-refractivity contribution is 6.00. The van der Waals surface area contributed by atoms with Gasteiger partial charge in [-0.15, -0.1) is 0 Å². The number of benzene rings is 3. The Morgan fingerprint density at radius 1 is 0.697 bits per heavy atom. The van der Waals surface area contributed by atoms with Crippen LogP contribution < -0.4 is 10.4 Å². The third-order valence-electron chi connectivity index (χ3n) is 8.54. The van der Waals surface area contributed by atoms with Crippen LogP contribution in [0.2, 0.25) is 0 Å². The van der Waals surface area contributed by atoms with Gasteiger partial charge in [0.1, 0.15) is 0 Å². The van der Waals surface area contributed by atoms with Gasteiger partial charge in [0.2, 0.25) is 0 Å². The summed E-state index contributed by atoms with van der Waals surface area (Å²) in [6.45, 7) is 0. The molecule has 3 aliphatic carbocycles. The standard InChI is InChI=1S/C32H29N/c1-3-10-25-22(6-1)12-13-28-27(25)14-15-29-30(28)18-24(21-8-5-9-21)19-31(29)32-20-33-17-16-23-7-2-4-11-26(23)32/h1-4,6-7,10-12,14-15,17,20-21,24H,5,8-9,13,16,18-19H2. The molecule has 1 nitrogen and oxygen atoms in total. The quantitative estimate of drug-likeness (QED) is 0.513. The molecule has 0 amide bonds. The molecule has 1 heteroatoms. The van der Waals surface area contributed by atoms with Crippen LogP contribution in [0, 0.1) is 22.3 Å². The fourth-order valence-electron chi connectivity index (χ4n) is 6.58. The summed E-state index contributed by atoms with van der Waals surface area (Å²) in [7, 11) is 0. The van der Waals surface area contributed by atoms with Gasteiger partial charge in [-0.3, -0.25) is 4.99 Å². The van der Waals surface area contributed by atoms with Crippen LogP contribution in [-0.2, 0) is 19.3 Å². The lowest BCUT2D eigenvalue weighted by molar-refractivity contribution is 0.205. The van der Waals surface area contributed by atoms with Gasteiger partial charge < -0.3 is 0 Å². The minimum atomic E-state index is 0.755. The first-order valence-electron chi connectivity index (χ1n) is 12.6. The third-order valence-corrected chi connectivity index (χ3v) is 8.54. The van der Waals surface area contributed by atoms with Gasteiger partial charge in [0.25, 0.3) is 0 Å². The molecule has 7 rings (SSSR count). The molecule has 1 atom stereocenters. The number of rotatable bonds is 2. The Balaban J connectivity index is 1.53. The normalized spacial score (nSPS) is 20.9. The Hall–Kier alpha value is -3.19. The van der Waals surface area contributed by atoms with Crippen molar-refractivity contribution in [1.29, 1.82) is 0 Å². The molecule has 162 valence electrons. The van der Waals surface area contributed by atoms with Crippen molar-refractivity contribution < 1.29 is 0 Å². The minimum absolute atomic E-state index is 0.755. The summed E-state index contributed by atoms with van der Waals surface area (Å²) in [6.07, 6.45) is 15.3. The Bertz CT molecular complexity index is 1550. The molecule has 0 bridgehead atoms. The Kier molecular flexibility index (Phi) is 4.50. The maximum absolute atomic E-state index is 4.72. The van der Waals surface area contributed by atoms with Crippen LogP contribution >= 0.6 is 0 Å². The summed E-state index contributed by atoms with van der Waals surface area (Å²) in [6, 6.07) is 22.7. The van der Waals surface area contributed by atoms with E-state index >= 15 is 0 Å². The molecule has 0 aromatic heterocycles. The summed E-state index contributed by atoms with van der Waals surface area (Å²) in [4.78, 5) is 4.72. The van der Waals surface area contributed by atoms with E-state index in [1.807, 2.05) is 0 Å². The van der Waals surface area contributed by atoms with E-state index in [4.69, 9.17) is 4.99 Å². The molecule has 1 fully saturated rings. The molecule has 3 aromatic carbocycles. The monoisotopic (exact) mass is 427 g/mol. The second-order valence-corrected chi connectivity index (χ2v) is 10.2. The molecule has 3 aromatic rings. The predicted octanol–water partition coefficient (Wildman–Crippen LogP) is 5.49. The summed E-state index contributed by atoms with van der Waals surface area (Å²) in [5, 5.41) is 5.72. The molecular formula is C32H29N. The maximum Gasteiger partial charge on any atom is 0.0345 e. The molecule has 1 unspecified atom stereocenters. The van der Waals surface area contributed by atoms with Gasteiger partial charge in [-0.05, 0) is 79.8 Å². The molecular weight excluding hydrogens is 398 g/mol. The van der Waals surface area contributed by atoms with Crippen molar-refractivity contribution >= 4 is 23.4 Å². The smallest absolute Gasteiger partial charge is 0.0345 e. The van der Waals surface area contributed by atoms with Crippen molar-refractivity contribution in [3.8, 4) is 0 Å². The van der Waals surface area contributed by atoms with Crippen LogP contribution in [0.3, 0.4) is 0 Å². The van der Waals surface area contributed by atoms with Crippen LogP contribution in [0.4, 0.5) is 0 Å². The van der Waals surface area contributed by atoms with Gasteiger partial charge in [0.05, 0.1) is 0 Å². The van der Waals surface area contributed by atoms with Crippen molar-refractivity contribution in [2.45, 2.75) is 44.9 Å². The summed E-state index contributed by atoms with van der Waals surface area (Å²) in [5.41, 5.74) is 8.83. The Morgan fingerprint density at radius 2 is 1.55 bits per heavy atom. The van der Waals surface area contributed by atoms with E-state index in [0.717, 1.165) is 24.7 Å². The molecule has 0 N–H and O–H groups in total. The van der Waals surface area contributed by atoms with E-state index in [0.29, 0.717) is 0 Å². The van der Waals surface area contributed by atoms with Gasteiger partial charge >= 0.3 is 0 Å². The molecule has 1 aliphatic heterocycles. The first kappa shape index (κ1) is 19.3. The lowest BCUT2D eigenvalue weighted by Gasteiger charge is -2.38. The van der Waals surface area contributed by atoms with Crippen LogP contribution in [-0.4, -0.2) is 6.21 Å². The highest BCUT2D eigenvalue weighted by Gasteiger charge is 2.33. The number of hydrogen-bond donors (Lipinski definition) is 0. The topological polar surface area (TPSA) is 12.4 Å². The van der Waals surface area contributed by atoms with E-state index < -0.39 is 0 Å². The minimum Gasteiger partial charge on any atom is -0.268 e. The molecule has 1 heterocycles. The number of hydrogen-bond acceptors (Lipinski definition) is 1. The SMILES string of the molecule is C1=NC=C(C2=c3ccc4c(c3CC(C3CCC3)C2)CC=c2ccccc2=4)c2ccccc2C1. The maximum atomic E-state index is 4.72. The number of aliphatic imine (C=N–C) groups is 1. The zero-order chi connectivity index (χ0) is 21.8. The highest BCUT2D eigenvalue weighted by Crippen LogP contribution is 2.43. The van der Waals surface area contributed by atoms with E-state index in [2.05, 4.69) is 79.2 Å². The van der Waals surface area contributed by atoms with Crippen LogP contribution in [0.1, 0.15) is 47.9 Å². The largest absolute Gasteiger partial charge is 0.268 e. The van der Waals surface area contributed by atoms with Crippen LogP contribution in [0.15, 0.2) is 71.9 Å².